The summed E-state index contributed by atoms with van der Waals surface area (Å²) >= 11 is 2.20. The third kappa shape index (κ3) is 4.06. The van der Waals surface area contributed by atoms with Crippen LogP contribution in [0.25, 0.3) is 5.76 Å². The zero-order valence-corrected chi connectivity index (χ0v) is 17.0. The molecular formula is C21H20INO4. The number of hydrogen-bond acceptors (Lipinski definition) is 4. The molecule has 0 unspecified atom stereocenters. The Morgan fingerprint density at radius 3 is 2.41 bits per heavy atom. The number of likely N-dealkylation sites (tertiary alicyclic amines) is 1. The summed E-state index contributed by atoms with van der Waals surface area (Å²) in [4.78, 5) is 27.0. The van der Waals surface area contributed by atoms with Gasteiger partial charge in [0, 0.05) is 29.4 Å². The lowest BCUT2D eigenvalue weighted by atomic mass is 9.95. The molecule has 1 saturated heterocycles. The number of methoxy groups -OCH3 is 1. The second-order valence-corrected chi connectivity index (χ2v) is 7.50. The first-order valence-electron chi connectivity index (χ1n) is 8.63. The van der Waals surface area contributed by atoms with E-state index < -0.39 is 17.7 Å². The van der Waals surface area contributed by atoms with Crippen LogP contribution in [0.3, 0.4) is 0 Å². The van der Waals surface area contributed by atoms with Gasteiger partial charge in [0.2, 0.25) is 0 Å². The molecule has 1 fully saturated rings. The Labute approximate surface area is 171 Å². The van der Waals surface area contributed by atoms with Gasteiger partial charge in [-0.05, 0) is 46.7 Å². The summed E-state index contributed by atoms with van der Waals surface area (Å²) in [5.74, 6) is -1.39. The fraction of sp³-hybridized carbons (Fsp3) is 0.238. The van der Waals surface area contributed by atoms with Gasteiger partial charge in [0.05, 0.1) is 11.6 Å². The van der Waals surface area contributed by atoms with Crippen molar-refractivity contribution in [3.8, 4) is 0 Å². The molecule has 1 atom stereocenters. The van der Waals surface area contributed by atoms with Crippen molar-refractivity contribution in [2.75, 3.05) is 20.3 Å². The predicted molar refractivity (Wildman–Crippen MR) is 111 cm³/mol. The minimum Gasteiger partial charge on any atom is -0.507 e. The first-order chi connectivity index (χ1) is 13.0. The first-order valence-corrected chi connectivity index (χ1v) is 9.70. The molecule has 6 heteroatoms. The molecule has 0 aliphatic carbocycles. The molecule has 3 rings (SSSR count). The van der Waals surface area contributed by atoms with E-state index in [2.05, 4.69) is 22.6 Å². The fourth-order valence-corrected chi connectivity index (χ4v) is 3.59. The summed E-state index contributed by atoms with van der Waals surface area (Å²) in [6, 6.07) is 15.8. The monoisotopic (exact) mass is 477 g/mol. The highest BCUT2D eigenvalue weighted by Gasteiger charge is 2.45. The Bertz CT molecular complexity index is 862. The van der Waals surface area contributed by atoms with E-state index in [4.69, 9.17) is 4.74 Å². The molecule has 1 N–H and O–H groups in total. The van der Waals surface area contributed by atoms with E-state index in [1.54, 1.807) is 31.4 Å². The van der Waals surface area contributed by atoms with Gasteiger partial charge < -0.3 is 14.7 Å². The van der Waals surface area contributed by atoms with Crippen LogP contribution in [0, 0.1) is 3.57 Å². The molecule has 1 heterocycles. The lowest BCUT2D eigenvalue weighted by Gasteiger charge is -2.25. The third-order valence-electron chi connectivity index (χ3n) is 4.52. The SMILES string of the molecule is COCCCN1C(=O)C(=O)/C(=C(/O)c2ccccc2)[C@H]1c1ccc(I)cc1. The summed E-state index contributed by atoms with van der Waals surface area (Å²) in [5.41, 5.74) is 1.44. The number of nitrogens with zero attached hydrogens (tertiary/aromatic N) is 1. The van der Waals surface area contributed by atoms with Crippen LogP contribution in [-0.2, 0) is 14.3 Å². The fourth-order valence-electron chi connectivity index (χ4n) is 3.23. The number of aliphatic hydroxyl groups is 1. The Morgan fingerprint density at radius 2 is 1.78 bits per heavy atom. The smallest absolute Gasteiger partial charge is 0.295 e. The molecule has 5 nitrogen and oxygen atoms in total. The predicted octanol–water partition coefficient (Wildman–Crippen LogP) is 3.75. The standard InChI is InChI=1S/C21H20INO4/c1-27-13-5-12-23-18(14-8-10-16(22)11-9-14)17(20(25)21(23)26)19(24)15-6-3-2-4-7-15/h2-4,6-11,18,24H,5,12-13H2,1H3/b19-17+/t18-/m1/s1. The molecule has 140 valence electrons. The summed E-state index contributed by atoms with van der Waals surface area (Å²) in [6.45, 7) is 0.863. The van der Waals surface area contributed by atoms with Gasteiger partial charge in [-0.3, -0.25) is 9.59 Å². The van der Waals surface area contributed by atoms with Crippen molar-refractivity contribution in [2.24, 2.45) is 0 Å². The van der Waals surface area contributed by atoms with Crippen LogP contribution in [0.5, 0.6) is 0 Å². The Balaban J connectivity index is 2.10. The second kappa shape index (κ2) is 8.67. The number of Topliss-reactive ketones (excluding diaryl/α,β-unsaturated/α-hetero) is 1. The maximum Gasteiger partial charge on any atom is 0.295 e. The van der Waals surface area contributed by atoms with E-state index in [9.17, 15) is 14.7 Å². The highest BCUT2D eigenvalue weighted by Crippen LogP contribution is 2.39. The average molecular weight is 477 g/mol. The lowest BCUT2D eigenvalue weighted by Crippen LogP contribution is -2.31. The minimum absolute atomic E-state index is 0.129. The number of amides is 1. The van der Waals surface area contributed by atoms with Crippen LogP contribution in [0.15, 0.2) is 60.2 Å². The number of ketones is 1. The summed E-state index contributed by atoms with van der Waals surface area (Å²) in [6.07, 6.45) is 0.607. The molecule has 0 bridgehead atoms. The number of carbonyl (C=O) groups excluding carboxylic acids is 2. The summed E-state index contributed by atoms with van der Waals surface area (Å²) < 4.78 is 6.13. The quantitative estimate of drug-likeness (QED) is 0.226. The van der Waals surface area contributed by atoms with E-state index in [1.807, 2.05) is 30.3 Å². The Morgan fingerprint density at radius 1 is 1.11 bits per heavy atom. The van der Waals surface area contributed by atoms with E-state index in [0.29, 0.717) is 25.1 Å². The second-order valence-electron chi connectivity index (χ2n) is 6.26. The first kappa shape index (κ1) is 19.6. The summed E-state index contributed by atoms with van der Waals surface area (Å²) in [5, 5.41) is 10.8. The summed E-state index contributed by atoms with van der Waals surface area (Å²) in [7, 11) is 1.60. The van der Waals surface area contributed by atoms with Gasteiger partial charge in [0.1, 0.15) is 5.76 Å². The van der Waals surface area contributed by atoms with Crippen molar-refractivity contribution < 1.29 is 19.4 Å². The van der Waals surface area contributed by atoms with Gasteiger partial charge in [-0.2, -0.15) is 0 Å². The number of halogens is 1. The number of carbonyl (C=O) groups is 2. The zero-order chi connectivity index (χ0) is 19.4. The molecule has 27 heavy (non-hydrogen) atoms. The van der Waals surface area contributed by atoms with Crippen LogP contribution in [-0.4, -0.2) is 42.0 Å². The van der Waals surface area contributed by atoms with E-state index in [1.165, 1.54) is 4.90 Å². The maximum absolute atomic E-state index is 12.8. The zero-order valence-electron chi connectivity index (χ0n) is 14.9. The number of rotatable bonds is 6. The molecule has 1 aliphatic rings. The van der Waals surface area contributed by atoms with Gasteiger partial charge in [-0.25, -0.2) is 0 Å². The van der Waals surface area contributed by atoms with Gasteiger partial charge in [0.15, 0.2) is 0 Å². The lowest BCUT2D eigenvalue weighted by molar-refractivity contribution is -0.140. The molecule has 0 spiro atoms. The van der Waals surface area contributed by atoms with E-state index in [-0.39, 0.29) is 11.3 Å². The molecule has 2 aromatic rings. The Kier molecular flexibility index (Phi) is 6.28. The van der Waals surface area contributed by atoms with Crippen molar-refractivity contribution >= 4 is 40.0 Å². The number of ether oxygens (including phenoxy) is 1. The van der Waals surface area contributed by atoms with Crippen LogP contribution in [0.2, 0.25) is 0 Å². The maximum atomic E-state index is 12.8. The number of benzene rings is 2. The largest absolute Gasteiger partial charge is 0.507 e. The number of hydrogen-bond donors (Lipinski definition) is 1. The highest BCUT2D eigenvalue weighted by atomic mass is 127. The highest BCUT2D eigenvalue weighted by molar-refractivity contribution is 14.1. The Hall–Kier alpha value is -2.19. The van der Waals surface area contributed by atoms with Crippen molar-refractivity contribution in [1.29, 1.82) is 0 Å². The van der Waals surface area contributed by atoms with Crippen LogP contribution in [0.1, 0.15) is 23.6 Å². The molecule has 0 aromatic heterocycles. The molecule has 1 aliphatic heterocycles. The third-order valence-corrected chi connectivity index (χ3v) is 5.24. The molecule has 1 amide bonds. The molecule has 0 saturated carbocycles. The van der Waals surface area contributed by atoms with Gasteiger partial charge in [-0.15, -0.1) is 0 Å². The average Bonchev–Trinajstić information content (AvgIpc) is 2.94. The molecule has 0 radical (unpaired) electrons. The minimum atomic E-state index is -0.655. The van der Waals surface area contributed by atoms with Crippen molar-refractivity contribution in [2.45, 2.75) is 12.5 Å². The van der Waals surface area contributed by atoms with Gasteiger partial charge >= 0.3 is 0 Å². The van der Waals surface area contributed by atoms with Crippen molar-refractivity contribution in [3.63, 3.8) is 0 Å². The van der Waals surface area contributed by atoms with E-state index in [0.717, 1.165) is 9.13 Å². The normalized spacial score (nSPS) is 18.9. The van der Waals surface area contributed by atoms with Gasteiger partial charge in [0.25, 0.3) is 11.7 Å². The van der Waals surface area contributed by atoms with Crippen molar-refractivity contribution in [3.05, 3.63) is 74.9 Å². The van der Waals surface area contributed by atoms with Crippen LogP contribution < -0.4 is 0 Å². The topological polar surface area (TPSA) is 66.8 Å². The van der Waals surface area contributed by atoms with E-state index >= 15 is 0 Å². The van der Waals surface area contributed by atoms with Crippen LogP contribution >= 0.6 is 22.6 Å². The van der Waals surface area contributed by atoms with Gasteiger partial charge in [-0.1, -0.05) is 42.5 Å². The van der Waals surface area contributed by atoms with Crippen LogP contribution in [0.4, 0.5) is 0 Å². The molecule has 2 aromatic carbocycles. The number of aliphatic hydroxyl groups excluding tert-OH is 1. The van der Waals surface area contributed by atoms with Crippen molar-refractivity contribution in [1.82, 2.24) is 4.90 Å². The molecular weight excluding hydrogens is 457 g/mol.